The summed E-state index contributed by atoms with van der Waals surface area (Å²) in [6, 6.07) is 23.3. The summed E-state index contributed by atoms with van der Waals surface area (Å²) in [5, 5.41) is 3.77. The third-order valence-electron chi connectivity index (χ3n) is 4.30. The number of benzene rings is 3. The van der Waals surface area contributed by atoms with Crippen LogP contribution in [0.2, 0.25) is 5.02 Å². The summed E-state index contributed by atoms with van der Waals surface area (Å²) in [6.07, 6.45) is 0. The lowest BCUT2D eigenvalue weighted by molar-refractivity contribution is -0.116. The van der Waals surface area contributed by atoms with Crippen molar-refractivity contribution in [3.63, 3.8) is 0 Å². The number of hydrogen-bond acceptors (Lipinski definition) is 3. The topological polar surface area (TPSA) is 64.0 Å². The molecular weight excluding hydrogens is 374 g/mol. The van der Waals surface area contributed by atoms with Gasteiger partial charge in [-0.15, -0.1) is 0 Å². The van der Waals surface area contributed by atoms with Crippen molar-refractivity contribution in [2.75, 3.05) is 5.32 Å². The van der Waals surface area contributed by atoms with Crippen molar-refractivity contribution < 1.29 is 4.79 Å². The highest BCUT2D eigenvalue weighted by Crippen LogP contribution is 2.19. The molecule has 1 aromatic heterocycles. The van der Waals surface area contributed by atoms with Crippen molar-refractivity contribution >= 4 is 34.1 Å². The zero-order chi connectivity index (χ0) is 19.5. The Labute approximate surface area is 166 Å². The molecule has 0 saturated carbocycles. The van der Waals surface area contributed by atoms with Crippen LogP contribution in [0.4, 0.5) is 5.69 Å². The average molecular weight is 390 g/mol. The maximum absolute atomic E-state index is 13.1. The molecule has 0 aliphatic heterocycles. The second kappa shape index (κ2) is 7.66. The number of fused-ring (bicyclic) bond motifs is 1. The largest absolute Gasteiger partial charge is 0.324 e. The number of anilines is 1. The number of nitrogens with one attached hydrogen (secondary N) is 1. The Hall–Kier alpha value is -3.44. The maximum Gasteiger partial charge on any atom is 0.262 e. The van der Waals surface area contributed by atoms with Crippen molar-refractivity contribution in [1.82, 2.24) is 9.55 Å². The summed E-state index contributed by atoms with van der Waals surface area (Å²) in [5.41, 5.74) is 1.67. The van der Waals surface area contributed by atoms with Crippen LogP contribution in [0.5, 0.6) is 0 Å². The van der Waals surface area contributed by atoms with Gasteiger partial charge < -0.3 is 5.32 Å². The van der Waals surface area contributed by atoms with Crippen LogP contribution in [0.1, 0.15) is 0 Å². The Bertz CT molecular complexity index is 1220. The first kappa shape index (κ1) is 17.9. The van der Waals surface area contributed by atoms with Crippen molar-refractivity contribution in [2.24, 2.45) is 0 Å². The normalized spacial score (nSPS) is 10.8. The van der Waals surface area contributed by atoms with E-state index in [1.165, 1.54) is 4.57 Å². The van der Waals surface area contributed by atoms with E-state index in [4.69, 9.17) is 11.6 Å². The fraction of sp³-hybridized carbons (Fsp3) is 0.0455. The van der Waals surface area contributed by atoms with E-state index in [-0.39, 0.29) is 18.0 Å². The molecule has 0 fully saturated rings. The summed E-state index contributed by atoms with van der Waals surface area (Å²) in [6.45, 7) is -0.159. The molecule has 4 rings (SSSR count). The van der Waals surface area contributed by atoms with Gasteiger partial charge in [0.2, 0.25) is 5.91 Å². The molecule has 6 heteroatoms. The number of hydrogen-bond donors (Lipinski definition) is 1. The molecule has 0 unspecified atom stereocenters. The van der Waals surface area contributed by atoms with E-state index in [2.05, 4.69) is 10.3 Å². The van der Waals surface area contributed by atoms with Gasteiger partial charge in [-0.25, -0.2) is 4.98 Å². The minimum atomic E-state index is -0.335. The molecular formula is C22H16ClN3O2. The first-order chi connectivity index (χ1) is 13.6. The van der Waals surface area contributed by atoms with Crippen LogP contribution in [0.25, 0.3) is 22.3 Å². The molecule has 5 nitrogen and oxygen atoms in total. The predicted octanol–water partition coefficient (Wildman–Crippen LogP) is 4.36. The molecule has 1 heterocycles. The van der Waals surface area contributed by atoms with E-state index < -0.39 is 0 Å². The molecule has 3 aromatic carbocycles. The SMILES string of the molecule is O=C(Cn1c(-c2ccccc2)nc2ccccc2c1=O)Nc1cccc(Cl)c1. The molecule has 0 aliphatic rings. The molecule has 0 radical (unpaired) electrons. The van der Waals surface area contributed by atoms with Gasteiger partial charge in [-0.1, -0.05) is 60.1 Å². The number of amides is 1. The van der Waals surface area contributed by atoms with Crippen molar-refractivity contribution in [3.8, 4) is 11.4 Å². The molecule has 4 aromatic rings. The van der Waals surface area contributed by atoms with Crippen LogP contribution in [0.15, 0.2) is 83.7 Å². The third kappa shape index (κ3) is 3.66. The summed E-state index contributed by atoms with van der Waals surface area (Å²) < 4.78 is 1.40. The van der Waals surface area contributed by atoms with Crippen LogP contribution in [0, 0.1) is 0 Å². The highest BCUT2D eigenvalue weighted by atomic mass is 35.5. The Kier molecular flexibility index (Phi) is 4.91. The van der Waals surface area contributed by atoms with E-state index in [0.717, 1.165) is 5.56 Å². The number of halogens is 1. The molecule has 138 valence electrons. The molecule has 0 aliphatic carbocycles. The zero-order valence-corrected chi connectivity index (χ0v) is 15.6. The second-order valence-corrected chi connectivity index (χ2v) is 6.70. The van der Waals surface area contributed by atoms with Crippen molar-refractivity contribution in [3.05, 3.63) is 94.2 Å². The Morgan fingerprint density at radius 2 is 1.71 bits per heavy atom. The van der Waals surface area contributed by atoms with Crippen LogP contribution in [-0.4, -0.2) is 15.5 Å². The monoisotopic (exact) mass is 389 g/mol. The lowest BCUT2D eigenvalue weighted by Gasteiger charge is -2.14. The number of carbonyl (C=O) groups excluding carboxylic acids is 1. The molecule has 28 heavy (non-hydrogen) atoms. The number of nitrogens with zero attached hydrogens (tertiary/aromatic N) is 2. The minimum Gasteiger partial charge on any atom is -0.324 e. The molecule has 0 bridgehead atoms. The fourth-order valence-electron chi connectivity index (χ4n) is 3.03. The second-order valence-electron chi connectivity index (χ2n) is 6.27. The first-order valence-corrected chi connectivity index (χ1v) is 9.10. The summed E-state index contributed by atoms with van der Waals surface area (Å²) >= 11 is 5.97. The quantitative estimate of drug-likeness (QED) is 0.564. The summed E-state index contributed by atoms with van der Waals surface area (Å²) in [4.78, 5) is 30.4. The van der Waals surface area contributed by atoms with Gasteiger partial charge in [0.25, 0.3) is 5.56 Å². The van der Waals surface area contributed by atoms with Gasteiger partial charge in [-0.05, 0) is 30.3 Å². The Morgan fingerprint density at radius 1 is 0.964 bits per heavy atom. The molecule has 0 saturated heterocycles. The lowest BCUT2D eigenvalue weighted by Crippen LogP contribution is -2.29. The van der Waals surface area contributed by atoms with Gasteiger partial charge in [0.15, 0.2) is 0 Å². The zero-order valence-electron chi connectivity index (χ0n) is 14.8. The number of carbonyl (C=O) groups is 1. The smallest absolute Gasteiger partial charge is 0.262 e. The van der Waals surface area contributed by atoms with Crippen molar-refractivity contribution in [2.45, 2.75) is 6.54 Å². The van der Waals surface area contributed by atoms with E-state index in [9.17, 15) is 9.59 Å². The highest BCUT2D eigenvalue weighted by Gasteiger charge is 2.15. The van der Waals surface area contributed by atoms with E-state index >= 15 is 0 Å². The fourth-order valence-corrected chi connectivity index (χ4v) is 3.22. The van der Waals surface area contributed by atoms with E-state index in [1.54, 1.807) is 42.5 Å². The van der Waals surface area contributed by atoms with Gasteiger partial charge in [-0.2, -0.15) is 0 Å². The van der Waals surface area contributed by atoms with Crippen LogP contribution >= 0.6 is 11.6 Å². The summed E-state index contributed by atoms with van der Waals surface area (Å²) in [5.74, 6) is 0.115. The van der Waals surface area contributed by atoms with Crippen LogP contribution < -0.4 is 10.9 Å². The minimum absolute atomic E-state index is 0.159. The molecule has 1 amide bonds. The Balaban J connectivity index is 1.77. The average Bonchev–Trinajstić information content (AvgIpc) is 2.70. The molecule has 0 atom stereocenters. The Morgan fingerprint density at radius 3 is 2.50 bits per heavy atom. The first-order valence-electron chi connectivity index (χ1n) is 8.72. The number of rotatable bonds is 4. The van der Waals surface area contributed by atoms with Gasteiger partial charge in [-0.3, -0.25) is 14.2 Å². The lowest BCUT2D eigenvalue weighted by atomic mass is 10.2. The van der Waals surface area contributed by atoms with Gasteiger partial charge in [0.1, 0.15) is 12.4 Å². The van der Waals surface area contributed by atoms with E-state index in [1.807, 2.05) is 36.4 Å². The standard InChI is InChI=1S/C22H16ClN3O2/c23-16-9-6-10-17(13-16)24-20(27)14-26-21(15-7-2-1-3-8-15)25-19-12-5-4-11-18(19)22(26)28/h1-13H,14H2,(H,24,27). The molecule has 1 N–H and O–H groups in total. The van der Waals surface area contributed by atoms with Gasteiger partial charge >= 0.3 is 0 Å². The number of para-hydroxylation sites is 1. The maximum atomic E-state index is 13.1. The third-order valence-corrected chi connectivity index (χ3v) is 4.54. The van der Waals surface area contributed by atoms with Crippen molar-refractivity contribution in [1.29, 1.82) is 0 Å². The van der Waals surface area contributed by atoms with E-state index in [0.29, 0.717) is 27.4 Å². The summed E-state index contributed by atoms with van der Waals surface area (Å²) in [7, 11) is 0. The van der Waals surface area contributed by atoms with Gasteiger partial charge in [0, 0.05) is 16.3 Å². The highest BCUT2D eigenvalue weighted by molar-refractivity contribution is 6.30. The van der Waals surface area contributed by atoms with Crippen LogP contribution in [0.3, 0.4) is 0 Å². The molecule has 0 spiro atoms. The predicted molar refractivity (Wildman–Crippen MR) is 112 cm³/mol. The van der Waals surface area contributed by atoms with Gasteiger partial charge in [0.05, 0.1) is 10.9 Å². The van der Waals surface area contributed by atoms with Crippen LogP contribution in [-0.2, 0) is 11.3 Å². The number of aromatic nitrogens is 2.